The van der Waals surface area contributed by atoms with Crippen molar-refractivity contribution in [1.82, 2.24) is 13.9 Å². The summed E-state index contributed by atoms with van der Waals surface area (Å²) in [5.41, 5.74) is -1.70. The van der Waals surface area contributed by atoms with E-state index in [9.17, 15) is 22.9 Å². The fraction of sp³-hybridized carbons (Fsp3) is 0.125. The quantitative estimate of drug-likeness (QED) is 0.303. The molecule has 0 bridgehead atoms. The summed E-state index contributed by atoms with van der Waals surface area (Å²) in [5, 5.41) is 17.6. The Morgan fingerprint density at radius 2 is 1.90 bits per heavy atom. The SMILES string of the molecule is [C-]#[N+]c1c(C)c(N=Nc2nc(C)ns2)c(=O)n(-c2cc(Cl)c(S(=O)(=O)O)cc2Cl)c1O. The van der Waals surface area contributed by atoms with Crippen LogP contribution in [0.25, 0.3) is 10.5 Å². The third-order valence-electron chi connectivity index (χ3n) is 3.92. The molecule has 160 valence electrons. The Morgan fingerprint density at radius 3 is 2.45 bits per heavy atom. The molecule has 0 saturated carbocycles. The van der Waals surface area contributed by atoms with Crippen molar-refractivity contribution in [2.24, 2.45) is 10.2 Å². The molecule has 2 N–H and O–H groups in total. The van der Waals surface area contributed by atoms with Crippen molar-refractivity contribution in [2.45, 2.75) is 18.7 Å². The van der Waals surface area contributed by atoms with Crippen LogP contribution in [0.3, 0.4) is 0 Å². The number of azo groups is 1. The first-order chi connectivity index (χ1) is 14.5. The van der Waals surface area contributed by atoms with E-state index in [1.54, 1.807) is 6.92 Å². The number of hydrogen-bond acceptors (Lipinski definition) is 9. The van der Waals surface area contributed by atoms with Crippen LogP contribution in [-0.4, -0.2) is 32.0 Å². The van der Waals surface area contributed by atoms with Crippen LogP contribution in [0.2, 0.25) is 10.0 Å². The summed E-state index contributed by atoms with van der Waals surface area (Å²) in [6.07, 6.45) is 0. The molecule has 0 spiro atoms. The van der Waals surface area contributed by atoms with Crippen LogP contribution in [-0.2, 0) is 10.1 Å². The molecule has 3 rings (SSSR count). The minimum atomic E-state index is -4.70. The summed E-state index contributed by atoms with van der Waals surface area (Å²) in [5.74, 6) is -0.304. The Balaban J connectivity index is 2.32. The third-order valence-corrected chi connectivity index (χ3v) is 6.24. The maximum absolute atomic E-state index is 13.1. The number of aryl methyl sites for hydroxylation is 1. The highest BCUT2D eigenvalue weighted by Crippen LogP contribution is 2.39. The Morgan fingerprint density at radius 1 is 1.23 bits per heavy atom. The van der Waals surface area contributed by atoms with Gasteiger partial charge in [0.05, 0.1) is 22.3 Å². The van der Waals surface area contributed by atoms with Gasteiger partial charge in [-0.25, -0.2) is 9.83 Å². The molecule has 31 heavy (non-hydrogen) atoms. The second-order valence-electron chi connectivity index (χ2n) is 5.93. The normalized spacial score (nSPS) is 11.7. The lowest BCUT2D eigenvalue weighted by Gasteiger charge is -2.15. The zero-order valence-corrected chi connectivity index (χ0v) is 18.7. The van der Waals surface area contributed by atoms with Gasteiger partial charge in [0.1, 0.15) is 16.4 Å². The van der Waals surface area contributed by atoms with E-state index in [1.807, 2.05) is 0 Å². The Kier molecular flexibility index (Phi) is 6.12. The monoisotopic (exact) mass is 500 g/mol. The van der Waals surface area contributed by atoms with E-state index in [4.69, 9.17) is 29.8 Å². The maximum Gasteiger partial charge on any atom is 0.296 e. The van der Waals surface area contributed by atoms with Crippen molar-refractivity contribution >= 4 is 61.4 Å². The van der Waals surface area contributed by atoms with Crippen molar-refractivity contribution in [3.05, 3.63) is 55.3 Å². The molecule has 0 aliphatic rings. The first-order valence-electron chi connectivity index (χ1n) is 8.00. The summed E-state index contributed by atoms with van der Waals surface area (Å²) in [4.78, 5) is 19.6. The largest absolute Gasteiger partial charge is 0.502 e. The van der Waals surface area contributed by atoms with E-state index in [2.05, 4.69) is 24.4 Å². The molecule has 0 aliphatic carbocycles. The van der Waals surface area contributed by atoms with Gasteiger partial charge in [-0.1, -0.05) is 23.2 Å². The molecule has 11 nitrogen and oxygen atoms in total. The molecule has 15 heteroatoms. The van der Waals surface area contributed by atoms with Crippen LogP contribution >= 0.6 is 34.7 Å². The van der Waals surface area contributed by atoms with E-state index in [0.29, 0.717) is 10.4 Å². The molecular formula is C16H10Cl2N6O5S2. The average molecular weight is 501 g/mol. The van der Waals surface area contributed by atoms with Gasteiger partial charge in [0.15, 0.2) is 0 Å². The predicted molar refractivity (Wildman–Crippen MR) is 113 cm³/mol. The first kappa shape index (κ1) is 22.8. The van der Waals surface area contributed by atoms with E-state index < -0.39 is 31.5 Å². The van der Waals surface area contributed by atoms with Gasteiger partial charge >= 0.3 is 0 Å². The van der Waals surface area contributed by atoms with Gasteiger partial charge in [-0.2, -0.15) is 12.8 Å². The van der Waals surface area contributed by atoms with Crippen LogP contribution in [0, 0.1) is 20.4 Å². The van der Waals surface area contributed by atoms with Gasteiger partial charge in [0.25, 0.3) is 21.4 Å². The topological polar surface area (TPSA) is 151 Å². The zero-order chi connectivity index (χ0) is 23.1. The van der Waals surface area contributed by atoms with Crippen molar-refractivity contribution in [2.75, 3.05) is 0 Å². The Bertz CT molecular complexity index is 1460. The number of pyridine rings is 1. The molecule has 0 fully saturated rings. The highest BCUT2D eigenvalue weighted by Gasteiger charge is 2.24. The number of hydrogen-bond donors (Lipinski definition) is 2. The molecule has 0 saturated heterocycles. The van der Waals surface area contributed by atoms with Crippen molar-refractivity contribution < 1.29 is 18.1 Å². The van der Waals surface area contributed by atoms with Crippen LogP contribution in [0.5, 0.6) is 5.88 Å². The number of halogens is 2. The molecule has 0 aliphatic heterocycles. The summed E-state index contributed by atoms with van der Waals surface area (Å²) in [6, 6.07) is 1.76. The summed E-state index contributed by atoms with van der Waals surface area (Å²) >= 11 is 13.0. The van der Waals surface area contributed by atoms with E-state index in [0.717, 1.165) is 23.7 Å². The molecule has 3 aromatic rings. The molecular weight excluding hydrogens is 491 g/mol. The fourth-order valence-corrected chi connectivity index (χ4v) is 4.37. The Labute approximate surface area is 189 Å². The number of aromatic hydroxyl groups is 1. The molecule has 1 aromatic carbocycles. The van der Waals surface area contributed by atoms with E-state index in [1.165, 1.54) is 6.92 Å². The third kappa shape index (κ3) is 4.29. The molecule has 2 heterocycles. The van der Waals surface area contributed by atoms with Crippen molar-refractivity contribution in [1.29, 1.82) is 0 Å². The van der Waals surface area contributed by atoms with Gasteiger partial charge in [-0.05, 0) is 31.5 Å². The molecule has 0 radical (unpaired) electrons. The van der Waals surface area contributed by atoms with Crippen LogP contribution in [0.1, 0.15) is 11.4 Å². The van der Waals surface area contributed by atoms with Gasteiger partial charge < -0.3 is 5.11 Å². The second-order valence-corrected chi connectivity index (χ2v) is 8.87. The lowest BCUT2D eigenvalue weighted by atomic mass is 10.2. The standard InChI is InChI=1S/C16H10Cl2N6O5S2/c1-6-12(19-3)14(25)24(10-4-9(18)11(5-8(10)17)31(27,28)29)15(26)13(6)21-22-16-20-7(2)23-30-16/h4-5,25H,1-2H3,(H,27,28,29). The number of benzene rings is 1. The lowest BCUT2D eigenvalue weighted by molar-refractivity contribution is 0.439. The van der Waals surface area contributed by atoms with Gasteiger partial charge in [-0.3, -0.25) is 13.9 Å². The van der Waals surface area contributed by atoms with Gasteiger partial charge in [-0.15, -0.1) is 10.2 Å². The fourth-order valence-electron chi connectivity index (χ4n) is 2.53. The summed E-state index contributed by atoms with van der Waals surface area (Å²) in [6.45, 7) is 10.4. The van der Waals surface area contributed by atoms with E-state index in [-0.39, 0.29) is 32.8 Å². The molecule has 0 amide bonds. The van der Waals surface area contributed by atoms with Crippen molar-refractivity contribution in [3.8, 4) is 11.6 Å². The number of aromatic nitrogens is 3. The minimum Gasteiger partial charge on any atom is -0.502 e. The zero-order valence-electron chi connectivity index (χ0n) is 15.5. The summed E-state index contributed by atoms with van der Waals surface area (Å²) < 4.78 is 36.7. The number of nitrogens with zero attached hydrogens (tertiary/aromatic N) is 6. The maximum atomic E-state index is 13.1. The summed E-state index contributed by atoms with van der Waals surface area (Å²) in [7, 11) is -4.70. The van der Waals surface area contributed by atoms with Crippen LogP contribution < -0.4 is 5.56 Å². The average Bonchev–Trinajstić information content (AvgIpc) is 3.08. The molecule has 0 unspecified atom stereocenters. The lowest BCUT2D eigenvalue weighted by Crippen LogP contribution is -2.19. The highest BCUT2D eigenvalue weighted by atomic mass is 35.5. The van der Waals surface area contributed by atoms with Gasteiger partial charge in [0.2, 0.25) is 11.0 Å². The first-order valence-corrected chi connectivity index (χ1v) is 11.0. The Hall–Kier alpha value is -2.89. The molecule has 0 atom stereocenters. The van der Waals surface area contributed by atoms with Crippen LogP contribution in [0.15, 0.2) is 32.1 Å². The highest BCUT2D eigenvalue weighted by molar-refractivity contribution is 7.86. The minimum absolute atomic E-state index is 0.0514. The molecule has 2 aromatic heterocycles. The second kappa shape index (κ2) is 8.33. The smallest absolute Gasteiger partial charge is 0.296 e. The van der Waals surface area contributed by atoms with Crippen LogP contribution in [0.4, 0.5) is 16.5 Å². The van der Waals surface area contributed by atoms with Crippen molar-refractivity contribution in [3.63, 3.8) is 0 Å². The number of rotatable bonds is 4. The van der Waals surface area contributed by atoms with E-state index >= 15 is 0 Å². The predicted octanol–water partition coefficient (Wildman–Crippen LogP) is 4.53. The van der Waals surface area contributed by atoms with Gasteiger partial charge in [0, 0.05) is 11.5 Å².